The van der Waals surface area contributed by atoms with E-state index in [1.54, 1.807) is 11.0 Å². The molecule has 0 radical (unpaired) electrons. The lowest BCUT2D eigenvalue weighted by molar-refractivity contribution is -0.149. The first-order valence-corrected chi connectivity index (χ1v) is 11.6. The molecule has 2 N–H and O–H groups in total. The number of carboxylic acids is 1. The highest BCUT2D eigenvalue weighted by molar-refractivity contribution is 6.05. The smallest absolute Gasteiger partial charge is 0.310 e. The molecule has 3 aliphatic heterocycles. The monoisotopic (exact) mass is 456 g/mol. The third-order valence-corrected chi connectivity index (χ3v) is 7.36. The molecule has 2 amide bonds. The van der Waals surface area contributed by atoms with Crippen LogP contribution in [-0.4, -0.2) is 70.3 Å². The van der Waals surface area contributed by atoms with Crippen LogP contribution in [0.5, 0.6) is 0 Å². The van der Waals surface area contributed by atoms with Crippen molar-refractivity contribution in [1.82, 2.24) is 4.90 Å². The van der Waals surface area contributed by atoms with Crippen LogP contribution in [-0.2, 0) is 19.1 Å². The number of carbonyl (C=O) groups is 3. The van der Waals surface area contributed by atoms with E-state index in [-0.39, 0.29) is 31.5 Å². The Kier molecular flexibility index (Phi) is 6.33. The topological polar surface area (TPSA) is 107 Å². The standard InChI is InChI=1S/C25H32N2O6/c1-4-11-26(17-14-15(2)7-8-16(17)3)23(30)21-25-10-9-18(33-25)19(24(31)32)20(25)22(29)27(21)12-5-6-13-28/h4,7-8,14,18-21,28H,1,5-6,9-13H2,2-3H3,(H,31,32)/t18-,19+,20-,21?,25?/m0/s1. The molecule has 1 aromatic carbocycles. The summed E-state index contributed by atoms with van der Waals surface area (Å²) in [6.07, 6.45) is 3.08. The largest absolute Gasteiger partial charge is 0.481 e. The third-order valence-electron chi connectivity index (χ3n) is 7.36. The molecule has 8 heteroatoms. The Balaban J connectivity index is 1.78. The maximum atomic E-state index is 14.2. The van der Waals surface area contributed by atoms with Gasteiger partial charge in [0, 0.05) is 25.4 Å². The van der Waals surface area contributed by atoms with Crippen LogP contribution in [0.15, 0.2) is 30.9 Å². The molecule has 33 heavy (non-hydrogen) atoms. The van der Waals surface area contributed by atoms with Crippen molar-refractivity contribution in [3.05, 3.63) is 42.0 Å². The van der Waals surface area contributed by atoms with E-state index in [9.17, 15) is 24.6 Å². The van der Waals surface area contributed by atoms with E-state index in [2.05, 4.69) is 6.58 Å². The molecule has 1 spiro atoms. The number of amides is 2. The number of carboxylic acid groups (broad SMARTS) is 1. The van der Waals surface area contributed by atoms with Gasteiger partial charge >= 0.3 is 5.97 Å². The van der Waals surface area contributed by atoms with Crippen molar-refractivity contribution in [2.24, 2.45) is 11.8 Å². The van der Waals surface area contributed by atoms with Gasteiger partial charge in [-0.25, -0.2) is 0 Å². The number of hydrogen-bond donors (Lipinski definition) is 2. The average Bonchev–Trinajstić information content (AvgIpc) is 3.41. The van der Waals surface area contributed by atoms with E-state index in [4.69, 9.17) is 4.74 Å². The van der Waals surface area contributed by atoms with Crippen LogP contribution < -0.4 is 4.90 Å². The quantitative estimate of drug-likeness (QED) is 0.435. The fourth-order valence-corrected chi connectivity index (χ4v) is 5.94. The number of aliphatic carboxylic acids is 1. The average molecular weight is 457 g/mol. The fourth-order valence-electron chi connectivity index (χ4n) is 5.94. The van der Waals surface area contributed by atoms with E-state index < -0.39 is 35.6 Å². The molecule has 8 nitrogen and oxygen atoms in total. The van der Waals surface area contributed by atoms with Crippen molar-refractivity contribution < 1.29 is 29.3 Å². The summed E-state index contributed by atoms with van der Waals surface area (Å²) in [5.74, 6) is -3.49. The molecule has 0 aliphatic carbocycles. The van der Waals surface area contributed by atoms with Gasteiger partial charge in [-0.05, 0) is 56.7 Å². The first-order chi connectivity index (χ1) is 15.8. The highest BCUT2D eigenvalue weighted by Crippen LogP contribution is 2.58. The van der Waals surface area contributed by atoms with Crippen molar-refractivity contribution in [2.75, 3.05) is 24.6 Å². The van der Waals surface area contributed by atoms with Gasteiger partial charge in [-0.1, -0.05) is 18.2 Å². The van der Waals surface area contributed by atoms with Gasteiger partial charge in [0.1, 0.15) is 11.6 Å². The minimum absolute atomic E-state index is 0.0172. The lowest BCUT2D eigenvalue weighted by Gasteiger charge is -2.37. The summed E-state index contributed by atoms with van der Waals surface area (Å²) < 4.78 is 6.25. The normalized spacial score (nSPS) is 29.9. The van der Waals surface area contributed by atoms with Gasteiger partial charge in [-0.15, -0.1) is 6.58 Å². The number of benzene rings is 1. The second kappa shape index (κ2) is 8.91. The summed E-state index contributed by atoms with van der Waals surface area (Å²) in [5, 5.41) is 19.1. The van der Waals surface area contributed by atoms with Gasteiger partial charge in [0.15, 0.2) is 0 Å². The number of ether oxygens (including phenoxy) is 1. The van der Waals surface area contributed by atoms with Crippen LogP contribution in [0.2, 0.25) is 0 Å². The Morgan fingerprint density at radius 3 is 2.76 bits per heavy atom. The van der Waals surface area contributed by atoms with Crippen molar-refractivity contribution in [3.63, 3.8) is 0 Å². The first-order valence-electron chi connectivity index (χ1n) is 11.6. The van der Waals surface area contributed by atoms with E-state index in [0.29, 0.717) is 25.7 Å². The summed E-state index contributed by atoms with van der Waals surface area (Å²) in [4.78, 5) is 43.0. The zero-order chi connectivity index (χ0) is 23.9. The molecule has 2 bridgehead atoms. The zero-order valence-electron chi connectivity index (χ0n) is 19.2. The number of carbonyl (C=O) groups excluding carboxylic acids is 2. The Hall–Kier alpha value is -2.71. The predicted octanol–water partition coefficient (Wildman–Crippen LogP) is 2.05. The molecule has 0 saturated carbocycles. The molecule has 4 rings (SSSR count). The second-order valence-electron chi connectivity index (χ2n) is 9.38. The van der Waals surface area contributed by atoms with Crippen molar-refractivity contribution in [3.8, 4) is 0 Å². The van der Waals surface area contributed by atoms with Crippen LogP contribution in [0.3, 0.4) is 0 Å². The Morgan fingerprint density at radius 2 is 2.09 bits per heavy atom. The van der Waals surface area contributed by atoms with Crippen LogP contribution in [0.4, 0.5) is 5.69 Å². The summed E-state index contributed by atoms with van der Waals surface area (Å²) in [5.41, 5.74) is 1.52. The lowest BCUT2D eigenvalue weighted by Crippen LogP contribution is -2.56. The molecule has 3 heterocycles. The van der Waals surface area contributed by atoms with E-state index in [0.717, 1.165) is 16.8 Å². The summed E-state index contributed by atoms with van der Waals surface area (Å²) in [6.45, 7) is 8.20. The molecular formula is C25H32N2O6. The van der Waals surface area contributed by atoms with Crippen LogP contribution in [0.1, 0.15) is 36.8 Å². The van der Waals surface area contributed by atoms with Gasteiger partial charge in [0.05, 0.1) is 17.9 Å². The number of nitrogens with zero attached hydrogens (tertiary/aromatic N) is 2. The molecule has 5 atom stereocenters. The Labute approximate surface area is 193 Å². The third kappa shape index (κ3) is 3.65. The van der Waals surface area contributed by atoms with Crippen LogP contribution in [0, 0.1) is 25.7 Å². The molecular weight excluding hydrogens is 424 g/mol. The summed E-state index contributed by atoms with van der Waals surface area (Å²) in [7, 11) is 0. The first kappa shape index (κ1) is 23.4. The lowest BCUT2D eigenvalue weighted by atomic mass is 9.70. The number of fused-ring (bicyclic) bond motifs is 1. The number of rotatable bonds is 9. The number of likely N-dealkylation sites (tertiary alicyclic amines) is 1. The van der Waals surface area contributed by atoms with E-state index in [1.165, 1.54) is 4.90 Å². The number of hydrogen-bond acceptors (Lipinski definition) is 5. The molecule has 178 valence electrons. The van der Waals surface area contributed by atoms with Crippen molar-refractivity contribution in [2.45, 2.75) is 57.3 Å². The highest BCUT2D eigenvalue weighted by atomic mass is 16.5. The van der Waals surface area contributed by atoms with E-state index in [1.807, 2.05) is 32.0 Å². The zero-order valence-corrected chi connectivity index (χ0v) is 19.2. The highest BCUT2D eigenvalue weighted by Gasteiger charge is 2.74. The number of aliphatic hydroxyl groups excluding tert-OH is 1. The number of aryl methyl sites for hydroxylation is 2. The molecule has 1 aromatic rings. The molecule has 2 unspecified atom stereocenters. The summed E-state index contributed by atoms with van der Waals surface area (Å²) in [6, 6.07) is 4.95. The second-order valence-corrected chi connectivity index (χ2v) is 9.38. The fraction of sp³-hybridized carbons (Fsp3) is 0.560. The van der Waals surface area contributed by atoms with Crippen molar-refractivity contribution in [1.29, 1.82) is 0 Å². The van der Waals surface area contributed by atoms with Crippen LogP contribution >= 0.6 is 0 Å². The van der Waals surface area contributed by atoms with Crippen molar-refractivity contribution >= 4 is 23.5 Å². The maximum absolute atomic E-state index is 14.2. The van der Waals surface area contributed by atoms with Gasteiger partial charge < -0.3 is 24.7 Å². The SMILES string of the molecule is C=CCN(C(=O)C1N(CCCCO)C(=O)[C@@H]2[C@H](C(=O)O)[C@@H]3CCC12O3)c1cc(C)ccc1C. The van der Waals surface area contributed by atoms with Crippen LogP contribution in [0.25, 0.3) is 0 Å². The van der Waals surface area contributed by atoms with Gasteiger partial charge in [-0.2, -0.15) is 0 Å². The van der Waals surface area contributed by atoms with Gasteiger partial charge in [-0.3, -0.25) is 14.4 Å². The Morgan fingerprint density at radius 1 is 1.33 bits per heavy atom. The summed E-state index contributed by atoms with van der Waals surface area (Å²) >= 11 is 0. The Bertz CT molecular complexity index is 978. The number of anilines is 1. The van der Waals surface area contributed by atoms with Gasteiger partial charge in [0.2, 0.25) is 5.91 Å². The molecule has 3 fully saturated rings. The number of unbranched alkanes of at least 4 members (excludes halogenated alkanes) is 1. The number of aliphatic hydroxyl groups is 1. The maximum Gasteiger partial charge on any atom is 0.310 e. The molecule has 0 aromatic heterocycles. The van der Waals surface area contributed by atoms with E-state index >= 15 is 0 Å². The molecule has 3 aliphatic rings. The minimum atomic E-state index is -1.14. The molecule has 3 saturated heterocycles. The minimum Gasteiger partial charge on any atom is -0.481 e. The predicted molar refractivity (Wildman–Crippen MR) is 122 cm³/mol. The van der Waals surface area contributed by atoms with Gasteiger partial charge in [0.25, 0.3) is 5.91 Å².